The number of rotatable bonds is 6. The van der Waals surface area contributed by atoms with Gasteiger partial charge in [0.2, 0.25) is 5.91 Å². The van der Waals surface area contributed by atoms with Gasteiger partial charge in [-0.05, 0) is 32.6 Å². The van der Waals surface area contributed by atoms with Crippen LogP contribution < -0.4 is 5.32 Å². The third-order valence-electron chi connectivity index (χ3n) is 3.54. The zero-order valence-electron chi connectivity index (χ0n) is 11.1. The van der Waals surface area contributed by atoms with Crippen molar-refractivity contribution in [1.29, 1.82) is 0 Å². The summed E-state index contributed by atoms with van der Waals surface area (Å²) in [7, 11) is 1.63. The molecule has 1 aliphatic carbocycles. The van der Waals surface area contributed by atoms with Crippen LogP contribution in [0.1, 0.15) is 39.0 Å². The van der Waals surface area contributed by atoms with Crippen LogP contribution in [0.15, 0.2) is 0 Å². The molecule has 5 nitrogen and oxygen atoms in total. The maximum Gasteiger partial charge on any atom is 0.306 e. The minimum absolute atomic E-state index is 0.00967. The Labute approximate surface area is 108 Å². The summed E-state index contributed by atoms with van der Waals surface area (Å²) < 4.78 is 4.96. The Hall–Kier alpha value is -1.10. The lowest BCUT2D eigenvalue weighted by Crippen LogP contribution is -2.40. The van der Waals surface area contributed by atoms with E-state index >= 15 is 0 Å². The Kier molecular flexibility index (Phi) is 6.12. The van der Waals surface area contributed by atoms with E-state index in [1.54, 1.807) is 7.11 Å². The topological polar surface area (TPSA) is 75.6 Å². The summed E-state index contributed by atoms with van der Waals surface area (Å²) >= 11 is 0. The van der Waals surface area contributed by atoms with Gasteiger partial charge < -0.3 is 15.2 Å². The van der Waals surface area contributed by atoms with Crippen LogP contribution in [0.3, 0.4) is 0 Å². The minimum atomic E-state index is -0.778. The number of nitrogens with one attached hydrogen (secondary N) is 1. The van der Waals surface area contributed by atoms with Crippen LogP contribution in [0.2, 0.25) is 0 Å². The highest BCUT2D eigenvalue weighted by Gasteiger charge is 2.31. The Morgan fingerprint density at radius 2 is 2.06 bits per heavy atom. The van der Waals surface area contributed by atoms with E-state index in [4.69, 9.17) is 9.84 Å². The van der Waals surface area contributed by atoms with Crippen molar-refractivity contribution in [3.63, 3.8) is 0 Å². The van der Waals surface area contributed by atoms with E-state index in [0.29, 0.717) is 19.4 Å². The van der Waals surface area contributed by atoms with Gasteiger partial charge in [-0.1, -0.05) is 6.42 Å². The number of hydrogen-bond donors (Lipinski definition) is 2. The highest BCUT2D eigenvalue weighted by atomic mass is 16.5. The quantitative estimate of drug-likeness (QED) is 0.754. The molecule has 3 unspecified atom stereocenters. The van der Waals surface area contributed by atoms with Gasteiger partial charge in [0.25, 0.3) is 0 Å². The molecular weight excluding hydrogens is 234 g/mol. The van der Waals surface area contributed by atoms with Gasteiger partial charge in [0.1, 0.15) is 0 Å². The monoisotopic (exact) mass is 257 g/mol. The van der Waals surface area contributed by atoms with Crippen LogP contribution in [0.4, 0.5) is 0 Å². The van der Waals surface area contributed by atoms with Crippen LogP contribution in [0.5, 0.6) is 0 Å². The molecule has 5 heteroatoms. The molecule has 0 heterocycles. The summed E-state index contributed by atoms with van der Waals surface area (Å²) in [6, 6.07) is 0.0719. The van der Waals surface area contributed by atoms with E-state index in [0.717, 1.165) is 19.3 Å². The SMILES string of the molecule is COCCC(C)NC(=O)C1CCCC(C(=O)O)C1. The van der Waals surface area contributed by atoms with Crippen LogP contribution in [0, 0.1) is 11.8 Å². The molecule has 1 aliphatic rings. The lowest BCUT2D eigenvalue weighted by molar-refractivity contribution is -0.144. The fraction of sp³-hybridized carbons (Fsp3) is 0.846. The van der Waals surface area contributed by atoms with Crippen LogP contribution >= 0.6 is 0 Å². The molecule has 1 saturated carbocycles. The molecule has 18 heavy (non-hydrogen) atoms. The number of amides is 1. The Balaban J connectivity index is 2.38. The van der Waals surface area contributed by atoms with Crippen molar-refractivity contribution in [1.82, 2.24) is 5.32 Å². The fourth-order valence-corrected chi connectivity index (χ4v) is 2.38. The van der Waals surface area contributed by atoms with Gasteiger partial charge in [-0.3, -0.25) is 9.59 Å². The second-order valence-electron chi connectivity index (χ2n) is 5.09. The number of aliphatic carboxylic acids is 1. The summed E-state index contributed by atoms with van der Waals surface area (Å²) in [6.07, 6.45) is 3.56. The van der Waals surface area contributed by atoms with Crippen LogP contribution in [-0.4, -0.2) is 36.7 Å². The number of carboxylic acid groups (broad SMARTS) is 1. The predicted molar refractivity (Wildman–Crippen MR) is 67.2 cm³/mol. The first-order valence-electron chi connectivity index (χ1n) is 6.56. The second-order valence-corrected chi connectivity index (χ2v) is 5.09. The van der Waals surface area contributed by atoms with Gasteiger partial charge in [-0.25, -0.2) is 0 Å². The molecule has 3 atom stereocenters. The number of carbonyl (C=O) groups excluding carboxylic acids is 1. The largest absolute Gasteiger partial charge is 0.481 e. The molecule has 0 aliphatic heterocycles. The van der Waals surface area contributed by atoms with Gasteiger partial charge in [0.15, 0.2) is 0 Å². The van der Waals surface area contributed by atoms with E-state index in [9.17, 15) is 9.59 Å². The van der Waals surface area contributed by atoms with Gasteiger partial charge >= 0.3 is 5.97 Å². The van der Waals surface area contributed by atoms with E-state index in [1.165, 1.54) is 0 Å². The molecule has 0 aromatic carbocycles. The van der Waals surface area contributed by atoms with Crippen molar-refractivity contribution in [3.8, 4) is 0 Å². The molecular formula is C13H23NO4. The molecule has 1 rings (SSSR count). The first kappa shape index (κ1) is 15.0. The van der Waals surface area contributed by atoms with Gasteiger partial charge in [0.05, 0.1) is 5.92 Å². The lowest BCUT2D eigenvalue weighted by atomic mass is 9.81. The standard InChI is InChI=1S/C13H23NO4/c1-9(6-7-18-2)14-12(15)10-4-3-5-11(8-10)13(16)17/h9-11H,3-8H2,1-2H3,(H,14,15)(H,16,17). The van der Waals surface area contributed by atoms with Gasteiger partial charge in [-0.2, -0.15) is 0 Å². The van der Waals surface area contributed by atoms with Gasteiger partial charge in [0, 0.05) is 25.7 Å². The number of ether oxygens (including phenoxy) is 1. The summed E-state index contributed by atoms with van der Waals surface area (Å²) in [6.45, 7) is 2.55. The Morgan fingerprint density at radius 3 is 2.67 bits per heavy atom. The highest BCUT2D eigenvalue weighted by molar-refractivity contribution is 5.80. The van der Waals surface area contributed by atoms with E-state index < -0.39 is 5.97 Å². The molecule has 0 aromatic rings. The van der Waals surface area contributed by atoms with Crippen molar-refractivity contribution in [3.05, 3.63) is 0 Å². The molecule has 1 amide bonds. The van der Waals surface area contributed by atoms with Crippen LogP contribution in [-0.2, 0) is 14.3 Å². The molecule has 0 radical (unpaired) electrons. The Morgan fingerprint density at radius 1 is 1.39 bits per heavy atom. The summed E-state index contributed by atoms with van der Waals surface area (Å²) in [4.78, 5) is 22.9. The van der Waals surface area contributed by atoms with E-state index in [2.05, 4.69) is 5.32 Å². The van der Waals surface area contributed by atoms with Crippen molar-refractivity contribution >= 4 is 11.9 Å². The lowest BCUT2D eigenvalue weighted by Gasteiger charge is -2.27. The van der Waals surface area contributed by atoms with E-state index in [-0.39, 0.29) is 23.8 Å². The number of hydrogen-bond acceptors (Lipinski definition) is 3. The summed E-state index contributed by atoms with van der Waals surface area (Å²) in [5.74, 6) is -1.29. The smallest absolute Gasteiger partial charge is 0.306 e. The normalized spacial score (nSPS) is 25.4. The minimum Gasteiger partial charge on any atom is -0.481 e. The predicted octanol–water partition coefficient (Wildman–Crippen LogP) is 1.42. The molecule has 2 N–H and O–H groups in total. The molecule has 0 bridgehead atoms. The van der Waals surface area contributed by atoms with Gasteiger partial charge in [-0.15, -0.1) is 0 Å². The average molecular weight is 257 g/mol. The summed E-state index contributed by atoms with van der Waals surface area (Å²) in [5, 5.41) is 11.9. The molecule has 0 saturated heterocycles. The zero-order valence-corrected chi connectivity index (χ0v) is 11.1. The first-order valence-corrected chi connectivity index (χ1v) is 6.56. The van der Waals surface area contributed by atoms with Crippen LogP contribution in [0.25, 0.3) is 0 Å². The van der Waals surface area contributed by atoms with Crippen molar-refractivity contribution in [2.45, 2.75) is 45.1 Å². The number of carboxylic acids is 1. The zero-order chi connectivity index (χ0) is 13.5. The molecule has 0 spiro atoms. The Bertz CT molecular complexity index is 293. The van der Waals surface area contributed by atoms with Crippen molar-refractivity contribution < 1.29 is 19.4 Å². The van der Waals surface area contributed by atoms with Crippen molar-refractivity contribution in [2.75, 3.05) is 13.7 Å². The third-order valence-corrected chi connectivity index (χ3v) is 3.54. The summed E-state index contributed by atoms with van der Waals surface area (Å²) in [5.41, 5.74) is 0. The van der Waals surface area contributed by atoms with Crippen molar-refractivity contribution in [2.24, 2.45) is 11.8 Å². The first-order chi connectivity index (χ1) is 8.54. The number of carbonyl (C=O) groups is 2. The fourth-order valence-electron chi connectivity index (χ4n) is 2.38. The maximum absolute atomic E-state index is 12.0. The average Bonchev–Trinajstić information content (AvgIpc) is 2.36. The molecule has 0 aromatic heterocycles. The number of methoxy groups -OCH3 is 1. The van der Waals surface area contributed by atoms with E-state index in [1.807, 2.05) is 6.92 Å². The highest BCUT2D eigenvalue weighted by Crippen LogP contribution is 2.29. The maximum atomic E-state index is 12.0. The molecule has 1 fully saturated rings. The third kappa shape index (κ3) is 4.64. The molecule has 104 valence electrons. The second kappa shape index (κ2) is 7.36.